The van der Waals surface area contributed by atoms with E-state index in [1.165, 1.54) is 0 Å². The van der Waals surface area contributed by atoms with Crippen molar-refractivity contribution in [2.24, 2.45) is 0 Å². The molecule has 0 aliphatic rings. The van der Waals surface area contributed by atoms with Gasteiger partial charge in [-0.1, -0.05) is 31.8 Å². The van der Waals surface area contributed by atoms with Gasteiger partial charge in [0.2, 0.25) is 0 Å². The molecule has 1 heterocycles. The molecule has 2 rings (SSSR count). The lowest BCUT2D eigenvalue weighted by Gasteiger charge is -2.15. The van der Waals surface area contributed by atoms with Crippen molar-refractivity contribution in [3.63, 3.8) is 0 Å². The molecular weight excluding hydrogens is 272 g/mol. The second-order valence-electron chi connectivity index (χ2n) is 5.91. The zero-order valence-electron chi connectivity index (χ0n) is 12.1. The summed E-state index contributed by atoms with van der Waals surface area (Å²) >= 11 is 0. The molecule has 0 saturated carbocycles. The van der Waals surface area contributed by atoms with Crippen LogP contribution in [0.3, 0.4) is 0 Å². The molecule has 0 atom stereocenters. The fourth-order valence-electron chi connectivity index (χ4n) is 1.75. The van der Waals surface area contributed by atoms with Crippen molar-refractivity contribution in [3.8, 4) is 0 Å². The number of H-pyrrole nitrogens is 1. The molecule has 5 nitrogen and oxygen atoms in total. The third kappa shape index (κ3) is 3.91. The molecule has 0 unspecified atom stereocenters. The summed E-state index contributed by atoms with van der Waals surface area (Å²) in [6.07, 6.45) is 1.68. The van der Waals surface area contributed by atoms with Gasteiger partial charge in [0.05, 0.1) is 17.3 Å². The Balaban J connectivity index is 1.85. The summed E-state index contributed by atoms with van der Waals surface area (Å²) in [5.41, 5.74) is 1.17. The molecule has 0 aliphatic heterocycles. The minimum Gasteiger partial charge on any atom is -0.435 e. The smallest absolute Gasteiger partial charge is 0.342 e. The highest BCUT2D eigenvalue weighted by Gasteiger charge is 2.14. The van der Waals surface area contributed by atoms with E-state index in [4.69, 9.17) is 9.47 Å². The average molecular weight is 292 g/mol. The van der Waals surface area contributed by atoms with Crippen molar-refractivity contribution in [2.75, 3.05) is 13.4 Å². The first-order valence-corrected chi connectivity index (χ1v) is 10.3. The van der Waals surface area contributed by atoms with E-state index in [0.29, 0.717) is 17.7 Å². The van der Waals surface area contributed by atoms with E-state index in [1.54, 1.807) is 18.3 Å². The monoisotopic (exact) mass is 292 g/mol. The average Bonchev–Trinajstić information content (AvgIpc) is 2.84. The molecule has 0 spiro atoms. The lowest BCUT2D eigenvalue weighted by molar-refractivity contribution is -0.0274. The van der Waals surface area contributed by atoms with Crippen molar-refractivity contribution < 1.29 is 14.3 Å². The number of para-hydroxylation sites is 1. The molecule has 1 aromatic carbocycles. The Bertz CT molecular complexity index is 589. The van der Waals surface area contributed by atoms with Gasteiger partial charge in [-0.2, -0.15) is 5.10 Å². The van der Waals surface area contributed by atoms with Crippen LogP contribution < -0.4 is 0 Å². The Labute approximate surface area is 119 Å². The fourth-order valence-corrected chi connectivity index (χ4v) is 2.51. The number of rotatable bonds is 6. The highest BCUT2D eigenvalue weighted by atomic mass is 28.3. The van der Waals surface area contributed by atoms with Gasteiger partial charge in [0.15, 0.2) is 6.79 Å². The summed E-state index contributed by atoms with van der Waals surface area (Å²) in [5.74, 6) is -0.396. The molecule has 0 radical (unpaired) electrons. The minimum absolute atomic E-state index is 0.00611. The summed E-state index contributed by atoms with van der Waals surface area (Å²) in [6.45, 7) is 7.47. The maximum absolute atomic E-state index is 12.0. The van der Waals surface area contributed by atoms with Crippen LogP contribution in [0, 0.1) is 0 Å². The number of carbonyl (C=O) groups excluding carboxylic acids is 1. The van der Waals surface area contributed by atoms with E-state index in [-0.39, 0.29) is 6.79 Å². The molecule has 1 aromatic heterocycles. The molecule has 0 aliphatic carbocycles. The van der Waals surface area contributed by atoms with Crippen LogP contribution in [0.1, 0.15) is 10.4 Å². The van der Waals surface area contributed by atoms with E-state index in [1.807, 2.05) is 6.07 Å². The van der Waals surface area contributed by atoms with Gasteiger partial charge < -0.3 is 9.47 Å². The van der Waals surface area contributed by atoms with Gasteiger partial charge in [-0.15, -0.1) is 0 Å². The van der Waals surface area contributed by atoms with E-state index in [9.17, 15) is 4.79 Å². The van der Waals surface area contributed by atoms with Crippen LogP contribution in [-0.4, -0.2) is 37.6 Å². The van der Waals surface area contributed by atoms with Crippen molar-refractivity contribution in [1.82, 2.24) is 10.2 Å². The van der Waals surface area contributed by atoms with Gasteiger partial charge >= 0.3 is 5.97 Å². The Kier molecular flexibility index (Phi) is 4.56. The number of hydrogen-bond donors (Lipinski definition) is 1. The van der Waals surface area contributed by atoms with Crippen LogP contribution in [0.2, 0.25) is 25.7 Å². The quantitative estimate of drug-likeness (QED) is 0.385. The number of nitrogens with one attached hydrogen (secondary N) is 1. The van der Waals surface area contributed by atoms with E-state index < -0.39 is 14.0 Å². The Morgan fingerprint density at radius 1 is 1.35 bits per heavy atom. The van der Waals surface area contributed by atoms with Crippen molar-refractivity contribution in [2.45, 2.75) is 25.7 Å². The topological polar surface area (TPSA) is 64.2 Å². The third-order valence-electron chi connectivity index (χ3n) is 2.97. The number of hydrogen-bond acceptors (Lipinski definition) is 4. The lowest BCUT2D eigenvalue weighted by Crippen LogP contribution is -2.22. The summed E-state index contributed by atoms with van der Waals surface area (Å²) in [4.78, 5) is 12.0. The lowest BCUT2D eigenvalue weighted by atomic mass is 10.1. The Morgan fingerprint density at radius 2 is 2.15 bits per heavy atom. The van der Waals surface area contributed by atoms with Crippen molar-refractivity contribution >= 4 is 24.9 Å². The molecule has 0 bridgehead atoms. The molecule has 6 heteroatoms. The highest BCUT2D eigenvalue weighted by Crippen LogP contribution is 2.16. The molecular formula is C14H20N2O3Si. The van der Waals surface area contributed by atoms with Crippen LogP contribution in [-0.2, 0) is 9.47 Å². The number of ether oxygens (including phenoxy) is 2. The maximum Gasteiger partial charge on any atom is 0.342 e. The van der Waals surface area contributed by atoms with Crippen molar-refractivity contribution in [3.05, 3.63) is 30.0 Å². The van der Waals surface area contributed by atoms with Gasteiger partial charge in [-0.25, -0.2) is 4.79 Å². The van der Waals surface area contributed by atoms with E-state index in [2.05, 4.69) is 29.8 Å². The molecule has 0 saturated heterocycles. The standard InChI is InChI=1S/C14H20N2O3Si/c1-20(2,3)8-7-18-10-19-14(17)12-6-4-5-11-9-15-16-13(11)12/h4-6,9H,7-8,10H2,1-3H3,(H,15,16). The predicted octanol–water partition coefficient (Wildman–Crippen LogP) is 3.03. The van der Waals surface area contributed by atoms with Crippen LogP contribution >= 0.6 is 0 Å². The first-order chi connectivity index (χ1) is 9.47. The molecule has 2 aromatic rings. The van der Waals surface area contributed by atoms with Gasteiger partial charge in [0.25, 0.3) is 0 Å². The Morgan fingerprint density at radius 3 is 2.90 bits per heavy atom. The SMILES string of the molecule is C[Si](C)(C)CCOCOC(=O)c1cccc2cn[nH]c12. The Hall–Kier alpha value is -1.66. The number of aromatic amines is 1. The van der Waals surface area contributed by atoms with Crippen LogP contribution in [0.25, 0.3) is 10.9 Å². The zero-order chi connectivity index (χ0) is 14.6. The number of esters is 1. The first kappa shape index (κ1) is 14.7. The van der Waals surface area contributed by atoms with E-state index in [0.717, 1.165) is 11.4 Å². The van der Waals surface area contributed by atoms with Gasteiger partial charge in [-0.3, -0.25) is 5.10 Å². The second-order valence-corrected chi connectivity index (χ2v) is 11.5. The van der Waals surface area contributed by atoms with Gasteiger partial charge in [0, 0.05) is 20.1 Å². The molecule has 20 heavy (non-hydrogen) atoms. The molecule has 108 valence electrons. The van der Waals surface area contributed by atoms with Crippen LogP contribution in [0.5, 0.6) is 0 Å². The number of aromatic nitrogens is 2. The van der Waals surface area contributed by atoms with Gasteiger partial charge in [-0.05, 0) is 12.1 Å². The largest absolute Gasteiger partial charge is 0.435 e. The molecule has 1 N–H and O–H groups in total. The van der Waals surface area contributed by atoms with Gasteiger partial charge in [0.1, 0.15) is 0 Å². The van der Waals surface area contributed by atoms with E-state index >= 15 is 0 Å². The second kappa shape index (κ2) is 6.19. The molecule has 0 fully saturated rings. The number of benzene rings is 1. The third-order valence-corrected chi connectivity index (χ3v) is 4.67. The maximum atomic E-state index is 12.0. The number of nitrogens with zero attached hydrogens (tertiary/aromatic N) is 1. The summed E-state index contributed by atoms with van der Waals surface area (Å²) in [5, 5.41) is 7.61. The number of fused-ring (bicyclic) bond motifs is 1. The van der Waals surface area contributed by atoms with Crippen molar-refractivity contribution in [1.29, 1.82) is 0 Å². The fraction of sp³-hybridized carbons (Fsp3) is 0.429. The summed E-state index contributed by atoms with van der Waals surface area (Å²) < 4.78 is 10.5. The molecule has 0 amide bonds. The highest BCUT2D eigenvalue weighted by molar-refractivity contribution is 6.76. The number of carbonyl (C=O) groups is 1. The normalized spacial score (nSPS) is 11.8. The summed E-state index contributed by atoms with van der Waals surface area (Å²) in [7, 11) is -1.10. The zero-order valence-corrected chi connectivity index (χ0v) is 13.1. The summed E-state index contributed by atoms with van der Waals surface area (Å²) in [6, 6.07) is 6.46. The predicted molar refractivity (Wildman–Crippen MR) is 80.5 cm³/mol. The van der Waals surface area contributed by atoms with Crippen LogP contribution in [0.4, 0.5) is 0 Å². The minimum atomic E-state index is -1.10. The first-order valence-electron chi connectivity index (χ1n) is 6.64. The van der Waals surface area contributed by atoms with Crippen LogP contribution in [0.15, 0.2) is 24.4 Å².